The normalized spacial score (nSPS) is 10.1. The number of aryl methyl sites for hydroxylation is 1. The van der Waals surface area contributed by atoms with Crippen LogP contribution in [0.5, 0.6) is 0 Å². The number of carboxylic acid groups (broad SMARTS) is 1. The van der Waals surface area contributed by atoms with Gasteiger partial charge in [-0.15, -0.1) is 0 Å². The number of nitrogens with zero attached hydrogens (tertiary/aromatic N) is 1. The first-order valence-corrected chi connectivity index (χ1v) is 6.07. The summed E-state index contributed by atoms with van der Waals surface area (Å²) in [6.07, 6.45) is 1.47. The fourth-order valence-electron chi connectivity index (χ4n) is 1.59. The van der Waals surface area contributed by atoms with Crippen LogP contribution in [-0.4, -0.2) is 16.1 Å². The van der Waals surface area contributed by atoms with Crippen molar-refractivity contribution in [2.45, 2.75) is 6.92 Å². The first-order chi connectivity index (χ1) is 8.54. The van der Waals surface area contributed by atoms with Gasteiger partial charge in [0.25, 0.3) is 0 Å². The minimum absolute atomic E-state index is 0.208. The Hall–Kier alpha value is -1.88. The Morgan fingerprint density at radius 3 is 2.78 bits per heavy atom. The molecule has 0 saturated carbocycles. The van der Waals surface area contributed by atoms with Crippen LogP contribution in [-0.2, 0) is 0 Å². The van der Waals surface area contributed by atoms with Gasteiger partial charge in [-0.1, -0.05) is 15.9 Å². The highest BCUT2D eigenvalue weighted by Gasteiger charge is 2.04. The first-order valence-electron chi connectivity index (χ1n) is 5.28. The lowest BCUT2D eigenvalue weighted by Gasteiger charge is -2.07. The van der Waals surface area contributed by atoms with Crippen LogP contribution in [0.4, 0.5) is 11.5 Å². The van der Waals surface area contributed by atoms with Crippen molar-refractivity contribution in [3.63, 3.8) is 0 Å². The van der Waals surface area contributed by atoms with Gasteiger partial charge in [-0.3, -0.25) is 0 Å². The van der Waals surface area contributed by atoms with E-state index in [0.29, 0.717) is 5.82 Å². The molecule has 2 aromatic rings. The molecule has 0 aliphatic carbocycles. The van der Waals surface area contributed by atoms with Crippen LogP contribution in [0.15, 0.2) is 41.0 Å². The molecule has 0 radical (unpaired) electrons. The highest BCUT2D eigenvalue weighted by Crippen LogP contribution is 2.22. The molecule has 0 amide bonds. The zero-order chi connectivity index (χ0) is 13.1. The number of carbonyl (C=O) groups is 1. The number of halogens is 1. The number of aromatic carboxylic acids is 1. The smallest absolute Gasteiger partial charge is 0.335 e. The topological polar surface area (TPSA) is 62.2 Å². The monoisotopic (exact) mass is 306 g/mol. The molecular formula is C13H11BrN2O2. The summed E-state index contributed by atoms with van der Waals surface area (Å²) in [7, 11) is 0. The molecule has 0 aliphatic heterocycles. The second-order valence-electron chi connectivity index (χ2n) is 3.88. The third-order valence-electron chi connectivity index (χ3n) is 2.32. The molecule has 0 fully saturated rings. The van der Waals surface area contributed by atoms with Crippen molar-refractivity contribution < 1.29 is 9.90 Å². The highest BCUT2D eigenvalue weighted by molar-refractivity contribution is 9.10. The van der Waals surface area contributed by atoms with E-state index in [0.717, 1.165) is 15.7 Å². The molecule has 1 aromatic heterocycles. The Morgan fingerprint density at radius 1 is 1.33 bits per heavy atom. The van der Waals surface area contributed by atoms with Crippen molar-refractivity contribution in [2.75, 3.05) is 5.32 Å². The van der Waals surface area contributed by atoms with Crippen LogP contribution >= 0.6 is 15.9 Å². The Morgan fingerprint density at radius 2 is 2.11 bits per heavy atom. The maximum absolute atomic E-state index is 10.9. The molecule has 4 nitrogen and oxygen atoms in total. The van der Waals surface area contributed by atoms with Crippen molar-refractivity contribution >= 4 is 33.4 Å². The summed E-state index contributed by atoms with van der Waals surface area (Å²) in [5.74, 6) is -0.460. The van der Waals surface area contributed by atoms with Gasteiger partial charge in [0, 0.05) is 16.4 Å². The summed E-state index contributed by atoms with van der Waals surface area (Å²) in [5.41, 5.74) is 2.16. The molecule has 0 atom stereocenters. The van der Waals surface area contributed by atoms with Gasteiger partial charge in [-0.2, -0.15) is 0 Å². The minimum Gasteiger partial charge on any atom is -0.478 e. The van der Waals surface area contributed by atoms with Crippen LogP contribution in [0.25, 0.3) is 0 Å². The van der Waals surface area contributed by atoms with Crippen LogP contribution in [0, 0.1) is 6.92 Å². The zero-order valence-electron chi connectivity index (χ0n) is 9.64. The lowest BCUT2D eigenvalue weighted by atomic mass is 10.2. The van der Waals surface area contributed by atoms with Crippen LogP contribution < -0.4 is 5.32 Å². The van der Waals surface area contributed by atoms with Crippen LogP contribution in [0.2, 0.25) is 0 Å². The Bertz CT molecular complexity index is 579. The third kappa shape index (κ3) is 3.07. The summed E-state index contributed by atoms with van der Waals surface area (Å²) < 4.78 is 0.958. The summed E-state index contributed by atoms with van der Waals surface area (Å²) in [5, 5.41) is 12.0. The van der Waals surface area contributed by atoms with E-state index >= 15 is 0 Å². The predicted octanol–water partition coefficient (Wildman–Crippen LogP) is 3.59. The quantitative estimate of drug-likeness (QED) is 0.909. The molecule has 92 valence electrons. The van der Waals surface area contributed by atoms with E-state index in [1.807, 2.05) is 25.1 Å². The predicted molar refractivity (Wildman–Crippen MR) is 73.4 cm³/mol. The van der Waals surface area contributed by atoms with Crippen molar-refractivity contribution in [1.29, 1.82) is 0 Å². The van der Waals surface area contributed by atoms with Crippen molar-refractivity contribution in [2.24, 2.45) is 0 Å². The van der Waals surface area contributed by atoms with Crippen molar-refractivity contribution in [3.8, 4) is 0 Å². The zero-order valence-corrected chi connectivity index (χ0v) is 11.2. The molecule has 1 heterocycles. The summed E-state index contributed by atoms with van der Waals surface area (Å²) in [6, 6.07) is 8.81. The number of anilines is 2. The van der Waals surface area contributed by atoms with Gasteiger partial charge in [0.05, 0.1) is 5.56 Å². The van der Waals surface area contributed by atoms with Crippen LogP contribution in [0.3, 0.4) is 0 Å². The fourth-order valence-corrected chi connectivity index (χ4v) is 2.20. The van der Waals surface area contributed by atoms with Crippen molar-refractivity contribution in [1.82, 2.24) is 4.98 Å². The summed E-state index contributed by atoms with van der Waals surface area (Å²) >= 11 is 3.41. The lowest BCUT2D eigenvalue weighted by molar-refractivity contribution is 0.0697. The molecule has 2 N–H and O–H groups in total. The van der Waals surface area contributed by atoms with Gasteiger partial charge in [0.15, 0.2) is 0 Å². The van der Waals surface area contributed by atoms with E-state index in [1.165, 1.54) is 18.3 Å². The molecule has 0 aliphatic rings. The molecule has 0 bridgehead atoms. The average Bonchev–Trinajstić information content (AvgIpc) is 2.27. The van der Waals surface area contributed by atoms with E-state index in [4.69, 9.17) is 5.11 Å². The second-order valence-corrected chi connectivity index (χ2v) is 4.79. The molecule has 0 saturated heterocycles. The Balaban J connectivity index is 2.28. The number of benzene rings is 1. The molecule has 2 rings (SSSR count). The number of rotatable bonds is 3. The fraction of sp³-hybridized carbons (Fsp3) is 0.0769. The lowest BCUT2D eigenvalue weighted by Crippen LogP contribution is -2.00. The third-order valence-corrected chi connectivity index (χ3v) is 2.78. The minimum atomic E-state index is -0.967. The SMILES string of the molecule is Cc1cc(Br)cc(Nc2cc(C(=O)O)ccn2)c1. The van der Waals surface area contributed by atoms with Crippen LogP contribution in [0.1, 0.15) is 15.9 Å². The average molecular weight is 307 g/mol. The largest absolute Gasteiger partial charge is 0.478 e. The summed E-state index contributed by atoms with van der Waals surface area (Å²) in [4.78, 5) is 14.9. The van der Waals surface area contributed by atoms with Gasteiger partial charge in [0.1, 0.15) is 5.82 Å². The van der Waals surface area contributed by atoms with Gasteiger partial charge in [-0.25, -0.2) is 9.78 Å². The number of hydrogen-bond acceptors (Lipinski definition) is 3. The van der Waals surface area contributed by atoms with Gasteiger partial charge >= 0.3 is 5.97 Å². The number of aromatic nitrogens is 1. The van der Waals surface area contributed by atoms with Crippen molar-refractivity contribution in [3.05, 3.63) is 52.1 Å². The second kappa shape index (κ2) is 5.18. The van der Waals surface area contributed by atoms with E-state index in [9.17, 15) is 4.79 Å². The van der Waals surface area contributed by atoms with Gasteiger partial charge in [0.2, 0.25) is 0 Å². The number of nitrogens with one attached hydrogen (secondary N) is 1. The number of pyridine rings is 1. The Kier molecular flexibility index (Phi) is 3.62. The number of carboxylic acids is 1. The maximum atomic E-state index is 10.9. The molecule has 1 aromatic carbocycles. The van der Waals surface area contributed by atoms with E-state index in [1.54, 1.807) is 0 Å². The highest BCUT2D eigenvalue weighted by atomic mass is 79.9. The molecular weight excluding hydrogens is 296 g/mol. The first kappa shape index (κ1) is 12.6. The van der Waals surface area contributed by atoms with Gasteiger partial charge < -0.3 is 10.4 Å². The molecule has 0 unspecified atom stereocenters. The molecule has 0 spiro atoms. The van der Waals surface area contributed by atoms with Gasteiger partial charge in [-0.05, 0) is 42.8 Å². The Labute approximate surface area is 113 Å². The summed E-state index contributed by atoms with van der Waals surface area (Å²) in [6.45, 7) is 1.98. The maximum Gasteiger partial charge on any atom is 0.335 e. The number of hydrogen-bond donors (Lipinski definition) is 2. The van der Waals surface area contributed by atoms with E-state index in [-0.39, 0.29) is 5.56 Å². The molecule has 5 heteroatoms. The van der Waals surface area contributed by atoms with E-state index < -0.39 is 5.97 Å². The van der Waals surface area contributed by atoms with E-state index in [2.05, 4.69) is 26.2 Å². The molecule has 18 heavy (non-hydrogen) atoms. The standard InChI is InChI=1S/C13H11BrN2O2/c1-8-4-10(14)7-11(5-8)16-12-6-9(13(17)18)2-3-15-12/h2-7H,1H3,(H,15,16)(H,17,18).